The topological polar surface area (TPSA) is 77.0 Å². The van der Waals surface area contributed by atoms with Gasteiger partial charge in [0.05, 0.1) is 23.9 Å². The number of carbonyl (C=O) groups is 1. The summed E-state index contributed by atoms with van der Waals surface area (Å²) in [4.78, 5) is 22.2. The number of benzene rings is 1. The highest BCUT2D eigenvalue weighted by Gasteiger charge is 2.13. The number of imidazole rings is 1. The summed E-state index contributed by atoms with van der Waals surface area (Å²) in [6.45, 7) is 2.66. The van der Waals surface area contributed by atoms with Crippen molar-refractivity contribution in [2.75, 3.05) is 7.05 Å². The lowest BCUT2D eigenvalue weighted by Crippen LogP contribution is -2.27. The van der Waals surface area contributed by atoms with Gasteiger partial charge in [-0.05, 0) is 19.1 Å². The molecule has 0 aliphatic carbocycles. The van der Waals surface area contributed by atoms with E-state index in [2.05, 4.69) is 15.1 Å². The van der Waals surface area contributed by atoms with E-state index in [1.807, 2.05) is 28.8 Å². The molecule has 0 fully saturated rings. The fourth-order valence-electron chi connectivity index (χ4n) is 2.29. The number of rotatable bonds is 5. The van der Waals surface area contributed by atoms with Crippen molar-refractivity contribution >= 4 is 16.9 Å². The van der Waals surface area contributed by atoms with Crippen LogP contribution in [0, 0.1) is 6.92 Å². The molecular weight excluding hydrogens is 282 g/mol. The summed E-state index contributed by atoms with van der Waals surface area (Å²) in [5.74, 6) is 1.04. The maximum absolute atomic E-state index is 12.2. The number of aryl methyl sites for hydroxylation is 2. The van der Waals surface area contributed by atoms with Gasteiger partial charge in [-0.15, -0.1) is 0 Å². The normalized spacial score (nSPS) is 11.0. The largest absolute Gasteiger partial charge is 0.337 e. The van der Waals surface area contributed by atoms with Gasteiger partial charge in [0.15, 0.2) is 5.82 Å². The second-order valence-electron chi connectivity index (χ2n) is 5.16. The Kier molecular flexibility index (Phi) is 3.86. The molecule has 22 heavy (non-hydrogen) atoms. The zero-order valence-corrected chi connectivity index (χ0v) is 12.6. The molecule has 7 heteroatoms. The minimum atomic E-state index is 0.0219. The number of amides is 1. The van der Waals surface area contributed by atoms with Gasteiger partial charge in [0, 0.05) is 20.0 Å². The molecule has 2 aromatic heterocycles. The molecule has 2 heterocycles. The summed E-state index contributed by atoms with van der Waals surface area (Å²) in [5.41, 5.74) is 1.97. The lowest BCUT2D eigenvalue weighted by atomic mass is 10.3. The zero-order valence-electron chi connectivity index (χ0n) is 12.6. The van der Waals surface area contributed by atoms with Crippen LogP contribution in [0.5, 0.6) is 0 Å². The molecule has 3 rings (SSSR count). The lowest BCUT2D eigenvalue weighted by Gasteiger charge is -2.15. The minimum absolute atomic E-state index is 0.0219. The van der Waals surface area contributed by atoms with Crippen LogP contribution in [0.1, 0.15) is 18.1 Å². The summed E-state index contributed by atoms with van der Waals surface area (Å²) in [5, 5.41) is 3.71. The van der Waals surface area contributed by atoms with Crippen LogP contribution in [0.15, 0.2) is 35.1 Å². The van der Waals surface area contributed by atoms with Crippen molar-refractivity contribution in [1.82, 2.24) is 24.6 Å². The summed E-state index contributed by atoms with van der Waals surface area (Å²) in [6, 6.07) is 7.87. The fraction of sp³-hybridized carbons (Fsp3) is 0.333. The van der Waals surface area contributed by atoms with Crippen molar-refractivity contribution in [1.29, 1.82) is 0 Å². The van der Waals surface area contributed by atoms with Gasteiger partial charge in [-0.1, -0.05) is 17.3 Å². The van der Waals surface area contributed by atoms with E-state index in [9.17, 15) is 4.79 Å². The minimum Gasteiger partial charge on any atom is -0.337 e. The highest BCUT2D eigenvalue weighted by atomic mass is 16.5. The summed E-state index contributed by atoms with van der Waals surface area (Å²) < 4.78 is 7.01. The molecule has 114 valence electrons. The summed E-state index contributed by atoms with van der Waals surface area (Å²) >= 11 is 0. The number of hydrogen-bond donors (Lipinski definition) is 0. The van der Waals surface area contributed by atoms with Gasteiger partial charge in [-0.25, -0.2) is 4.98 Å². The quantitative estimate of drug-likeness (QED) is 0.717. The highest BCUT2D eigenvalue weighted by molar-refractivity contribution is 5.77. The van der Waals surface area contributed by atoms with Gasteiger partial charge in [-0.2, -0.15) is 4.98 Å². The van der Waals surface area contributed by atoms with Gasteiger partial charge < -0.3 is 14.0 Å². The molecule has 0 spiro atoms. The third kappa shape index (κ3) is 2.98. The molecule has 7 nitrogen and oxygen atoms in total. The van der Waals surface area contributed by atoms with Crippen molar-refractivity contribution in [3.8, 4) is 0 Å². The number of carbonyl (C=O) groups excluding carboxylic acids is 1. The first-order valence-electron chi connectivity index (χ1n) is 7.06. The lowest BCUT2D eigenvalue weighted by molar-refractivity contribution is -0.130. The first-order valence-corrected chi connectivity index (χ1v) is 7.06. The van der Waals surface area contributed by atoms with Gasteiger partial charge in [0.2, 0.25) is 11.8 Å². The maximum atomic E-state index is 12.2. The zero-order chi connectivity index (χ0) is 15.5. The van der Waals surface area contributed by atoms with Crippen LogP contribution in [-0.4, -0.2) is 37.5 Å². The maximum Gasteiger partial charge on any atom is 0.246 e. The van der Waals surface area contributed by atoms with Crippen molar-refractivity contribution in [3.63, 3.8) is 0 Å². The standard InChI is InChI=1S/C15H17N5O2/c1-11-17-14(22-18-11)9-19(2)15(21)7-8-20-10-16-12-5-3-4-6-13(12)20/h3-6,10H,7-9H2,1-2H3. The molecule has 1 amide bonds. The molecule has 0 N–H and O–H groups in total. The van der Waals surface area contributed by atoms with Crippen LogP contribution in [0.4, 0.5) is 0 Å². The molecule has 0 saturated carbocycles. The van der Waals surface area contributed by atoms with Crippen LogP contribution >= 0.6 is 0 Å². The van der Waals surface area contributed by atoms with Crippen molar-refractivity contribution < 1.29 is 9.32 Å². The van der Waals surface area contributed by atoms with Crippen molar-refractivity contribution in [2.45, 2.75) is 26.4 Å². The molecule has 0 bridgehead atoms. The Morgan fingerprint density at radius 1 is 1.36 bits per heavy atom. The Bertz CT molecular complexity index is 792. The van der Waals surface area contributed by atoms with Crippen LogP contribution in [0.2, 0.25) is 0 Å². The van der Waals surface area contributed by atoms with E-state index in [0.717, 1.165) is 11.0 Å². The Morgan fingerprint density at radius 2 is 2.18 bits per heavy atom. The van der Waals surface area contributed by atoms with Crippen molar-refractivity contribution in [2.24, 2.45) is 0 Å². The molecule has 3 aromatic rings. The number of fused-ring (bicyclic) bond motifs is 1. The van der Waals surface area contributed by atoms with E-state index >= 15 is 0 Å². The Hall–Kier alpha value is -2.70. The highest BCUT2D eigenvalue weighted by Crippen LogP contribution is 2.12. The molecule has 0 aliphatic heterocycles. The smallest absolute Gasteiger partial charge is 0.246 e. The fourth-order valence-corrected chi connectivity index (χ4v) is 2.29. The first-order chi connectivity index (χ1) is 10.6. The molecule has 0 aliphatic rings. The number of hydrogen-bond acceptors (Lipinski definition) is 5. The average Bonchev–Trinajstić information content (AvgIpc) is 3.11. The Morgan fingerprint density at radius 3 is 2.95 bits per heavy atom. The van der Waals surface area contributed by atoms with Gasteiger partial charge in [-0.3, -0.25) is 4.79 Å². The van der Waals surface area contributed by atoms with E-state index in [1.54, 1.807) is 25.2 Å². The molecule has 0 atom stereocenters. The second-order valence-corrected chi connectivity index (χ2v) is 5.16. The van der Waals surface area contributed by atoms with E-state index in [-0.39, 0.29) is 5.91 Å². The summed E-state index contributed by atoms with van der Waals surface area (Å²) in [7, 11) is 1.73. The van der Waals surface area contributed by atoms with E-state index < -0.39 is 0 Å². The summed E-state index contributed by atoms with van der Waals surface area (Å²) in [6.07, 6.45) is 2.16. The molecule has 0 unspecified atom stereocenters. The SMILES string of the molecule is Cc1noc(CN(C)C(=O)CCn2cnc3ccccc32)n1. The van der Waals surface area contributed by atoms with Gasteiger partial charge in [0.1, 0.15) is 0 Å². The van der Waals surface area contributed by atoms with Gasteiger partial charge in [0.25, 0.3) is 0 Å². The number of aromatic nitrogens is 4. The van der Waals surface area contributed by atoms with E-state index in [4.69, 9.17) is 4.52 Å². The van der Waals surface area contributed by atoms with Crippen LogP contribution < -0.4 is 0 Å². The Labute approximate surface area is 127 Å². The second kappa shape index (κ2) is 5.97. The van der Waals surface area contributed by atoms with Crippen molar-refractivity contribution in [3.05, 3.63) is 42.3 Å². The van der Waals surface area contributed by atoms with Crippen LogP contribution in [-0.2, 0) is 17.9 Å². The third-order valence-corrected chi connectivity index (χ3v) is 3.46. The monoisotopic (exact) mass is 299 g/mol. The number of nitrogens with zero attached hydrogens (tertiary/aromatic N) is 5. The number of para-hydroxylation sites is 2. The Balaban J connectivity index is 1.59. The van der Waals surface area contributed by atoms with Crippen LogP contribution in [0.25, 0.3) is 11.0 Å². The molecular formula is C15H17N5O2. The molecule has 1 aromatic carbocycles. The van der Waals surface area contributed by atoms with Gasteiger partial charge >= 0.3 is 0 Å². The van der Waals surface area contributed by atoms with Crippen LogP contribution in [0.3, 0.4) is 0 Å². The third-order valence-electron chi connectivity index (χ3n) is 3.46. The molecule has 0 saturated heterocycles. The predicted molar refractivity (Wildman–Crippen MR) is 79.9 cm³/mol. The molecule has 0 radical (unpaired) electrons. The van der Waals surface area contributed by atoms with E-state index in [1.165, 1.54) is 0 Å². The average molecular weight is 299 g/mol. The predicted octanol–water partition coefficient (Wildman–Crippen LogP) is 1.78. The first kappa shape index (κ1) is 14.2. The van der Waals surface area contributed by atoms with E-state index in [0.29, 0.717) is 31.2 Å².